The second-order valence-electron chi connectivity index (χ2n) is 6.67. The minimum Gasteiger partial charge on any atom is -0.356 e. The van der Waals surface area contributed by atoms with Gasteiger partial charge >= 0.3 is 0 Å². The van der Waals surface area contributed by atoms with Gasteiger partial charge in [-0.25, -0.2) is 4.98 Å². The third-order valence-corrected chi connectivity index (χ3v) is 5.13. The molecule has 4 nitrogen and oxygen atoms in total. The van der Waals surface area contributed by atoms with Crippen molar-refractivity contribution in [3.63, 3.8) is 0 Å². The first-order valence-electron chi connectivity index (χ1n) is 9.34. The lowest BCUT2D eigenvalue weighted by molar-refractivity contribution is -0.115. The second kappa shape index (κ2) is 8.33. The molecule has 0 saturated heterocycles. The number of hydrogen-bond acceptors (Lipinski definition) is 2. The number of nitrogens with zero attached hydrogens (tertiary/aromatic N) is 2. The van der Waals surface area contributed by atoms with Crippen molar-refractivity contribution in [2.75, 3.05) is 7.05 Å². The standard InChI is InChI=1S/C24H20ClN3O/c1-26-23(29)14-13-17-7-6-9-18(15-17)24-27-21-11-4-5-12-22(21)28(24)16-19-8-2-3-10-20(19)25/h2-15H,16H2,1H3,(H,26,29)/b14-13+. The average molecular weight is 402 g/mol. The number of benzene rings is 3. The Balaban J connectivity index is 1.81. The molecule has 0 atom stereocenters. The van der Waals surface area contributed by atoms with E-state index in [1.807, 2.05) is 66.7 Å². The number of carbonyl (C=O) groups is 1. The Hall–Kier alpha value is -3.37. The van der Waals surface area contributed by atoms with Crippen LogP contribution in [0.3, 0.4) is 0 Å². The molecular weight excluding hydrogens is 382 g/mol. The minimum absolute atomic E-state index is 0.138. The number of amides is 1. The molecule has 4 rings (SSSR count). The summed E-state index contributed by atoms with van der Waals surface area (Å²) in [5.41, 5.74) is 4.93. The molecule has 0 aliphatic carbocycles. The van der Waals surface area contributed by atoms with Gasteiger partial charge in [-0.1, -0.05) is 60.1 Å². The zero-order chi connectivity index (χ0) is 20.2. The Morgan fingerprint density at radius 3 is 2.69 bits per heavy atom. The normalized spacial score (nSPS) is 11.2. The maximum absolute atomic E-state index is 11.5. The molecule has 144 valence electrons. The predicted octanol–water partition coefficient (Wildman–Crippen LogP) is 5.16. The van der Waals surface area contributed by atoms with Gasteiger partial charge in [0.2, 0.25) is 5.91 Å². The van der Waals surface area contributed by atoms with Gasteiger partial charge in [-0.3, -0.25) is 4.79 Å². The van der Waals surface area contributed by atoms with Gasteiger partial charge in [-0.2, -0.15) is 0 Å². The fraction of sp³-hybridized carbons (Fsp3) is 0.0833. The number of halogens is 1. The molecule has 0 aliphatic rings. The number of imidazole rings is 1. The van der Waals surface area contributed by atoms with Crippen molar-refractivity contribution in [1.29, 1.82) is 0 Å². The predicted molar refractivity (Wildman–Crippen MR) is 119 cm³/mol. The van der Waals surface area contributed by atoms with Crippen LogP contribution in [-0.2, 0) is 11.3 Å². The van der Waals surface area contributed by atoms with Gasteiger partial charge in [0.15, 0.2) is 0 Å². The lowest BCUT2D eigenvalue weighted by atomic mass is 10.1. The van der Waals surface area contributed by atoms with Gasteiger partial charge in [-0.05, 0) is 41.5 Å². The molecular formula is C24H20ClN3O. The van der Waals surface area contributed by atoms with E-state index in [1.54, 1.807) is 13.1 Å². The van der Waals surface area contributed by atoms with Gasteiger partial charge in [0.25, 0.3) is 0 Å². The van der Waals surface area contributed by atoms with Crippen LogP contribution in [0.2, 0.25) is 5.02 Å². The zero-order valence-corrected chi connectivity index (χ0v) is 16.7. The molecule has 4 aromatic rings. The molecule has 1 N–H and O–H groups in total. The highest BCUT2D eigenvalue weighted by molar-refractivity contribution is 6.31. The van der Waals surface area contributed by atoms with Gasteiger partial charge in [0.1, 0.15) is 5.82 Å². The summed E-state index contributed by atoms with van der Waals surface area (Å²) in [6.45, 7) is 0.619. The first-order chi connectivity index (χ1) is 14.2. The number of rotatable bonds is 5. The van der Waals surface area contributed by atoms with Crippen molar-refractivity contribution in [2.45, 2.75) is 6.54 Å². The van der Waals surface area contributed by atoms with Crippen LogP contribution in [0.5, 0.6) is 0 Å². The molecule has 0 aliphatic heterocycles. The summed E-state index contributed by atoms with van der Waals surface area (Å²) in [5, 5.41) is 3.32. The number of fused-ring (bicyclic) bond motifs is 1. The van der Waals surface area contributed by atoms with Crippen LogP contribution in [0.1, 0.15) is 11.1 Å². The average Bonchev–Trinajstić information content (AvgIpc) is 3.12. The van der Waals surface area contributed by atoms with Crippen LogP contribution in [0.4, 0.5) is 0 Å². The smallest absolute Gasteiger partial charge is 0.243 e. The van der Waals surface area contributed by atoms with Crippen molar-refractivity contribution in [2.24, 2.45) is 0 Å². The topological polar surface area (TPSA) is 46.9 Å². The van der Waals surface area contributed by atoms with Crippen LogP contribution in [0, 0.1) is 0 Å². The van der Waals surface area contributed by atoms with Crippen molar-refractivity contribution in [3.8, 4) is 11.4 Å². The summed E-state index contributed by atoms with van der Waals surface area (Å²) < 4.78 is 2.18. The van der Waals surface area contributed by atoms with E-state index in [2.05, 4.69) is 16.0 Å². The lowest BCUT2D eigenvalue weighted by Crippen LogP contribution is -2.13. The van der Waals surface area contributed by atoms with Crippen LogP contribution in [-0.4, -0.2) is 22.5 Å². The molecule has 3 aromatic carbocycles. The Bertz CT molecular complexity index is 1210. The molecule has 0 bridgehead atoms. The van der Waals surface area contributed by atoms with E-state index >= 15 is 0 Å². The fourth-order valence-corrected chi connectivity index (χ4v) is 3.49. The van der Waals surface area contributed by atoms with Crippen LogP contribution in [0.15, 0.2) is 78.9 Å². The van der Waals surface area contributed by atoms with Crippen molar-refractivity contribution in [3.05, 3.63) is 95.0 Å². The molecule has 1 heterocycles. The van der Waals surface area contributed by atoms with Crippen molar-refractivity contribution < 1.29 is 4.79 Å². The Labute approximate surface area is 174 Å². The van der Waals surface area contributed by atoms with E-state index in [9.17, 15) is 4.79 Å². The Morgan fingerprint density at radius 1 is 1.07 bits per heavy atom. The van der Waals surface area contributed by atoms with Gasteiger partial charge in [0.05, 0.1) is 17.6 Å². The molecule has 0 spiro atoms. The number of nitrogens with one attached hydrogen (secondary N) is 1. The van der Waals surface area contributed by atoms with E-state index < -0.39 is 0 Å². The van der Waals surface area contributed by atoms with Crippen LogP contribution in [0.25, 0.3) is 28.5 Å². The first kappa shape index (κ1) is 19.0. The minimum atomic E-state index is -0.138. The summed E-state index contributed by atoms with van der Waals surface area (Å²) in [6, 6.07) is 23.9. The highest BCUT2D eigenvalue weighted by Crippen LogP contribution is 2.28. The number of carbonyl (C=O) groups excluding carboxylic acids is 1. The second-order valence-corrected chi connectivity index (χ2v) is 7.08. The van der Waals surface area contributed by atoms with Crippen LogP contribution >= 0.6 is 11.6 Å². The molecule has 0 radical (unpaired) electrons. The molecule has 0 saturated carbocycles. The fourth-order valence-electron chi connectivity index (χ4n) is 3.29. The molecule has 1 aromatic heterocycles. The summed E-state index contributed by atoms with van der Waals surface area (Å²) in [6.07, 6.45) is 3.31. The van der Waals surface area contributed by atoms with Crippen molar-refractivity contribution >= 4 is 34.6 Å². The quantitative estimate of drug-likeness (QED) is 0.469. The highest BCUT2D eigenvalue weighted by atomic mass is 35.5. The zero-order valence-electron chi connectivity index (χ0n) is 16.0. The lowest BCUT2D eigenvalue weighted by Gasteiger charge is -2.11. The van der Waals surface area contributed by atoms with Gasteiger partial charge in [0, 0.05) is 23.7 Å². The molecule has 0 unspecified atom stereocenters. The monoisotopic (exact) mass is 401 g/mol. The third-order valence-electron chi connectivity index (χ3n) is 4.76. The van der Waals surface area contributed by atoms with E-state index in [0.717, 1.165) is 38.6 Å². The molecule has 0 fully saturated rings. The SMILES string of the molecule is CNC(=O)/C=C/c1cccc(-c2nc3ccccc3n2Cc2ccccc2Cl)c1. The Kier molecular flexibility index (Phi) is 5.45. The van der Waals surface area contributed by atoms with Gasteiger partial charge < -0.3 is 9.88 Å². The summed E-state index contributed by atoms with van der Waals surface area (Å²) >= 11 is 6.42. The van der Waals surface area contributed by atoms with Crippen molar-refractivity contribution in [1.82, 2.24) is 14.9 Å². The number of hydrogen-bond donors (Lipinski definition) is 1. The first-order valence-corrected chi connectivity index (χ1v) is 9.72. The van der Waals surface area contributed by atoms with E-state index in [1.165, 1.54) is 6.08 Å². The van der Waals surface area contributed by atoms with Gasteiger partial charge in [-0.15, -0.1) is 0 Å². The maximum atomic E-state index is 11.5. The van der Waals surface area contributed by atoms with E-state index in [-0.39, 0.29) is 5.91 Å². The molecule has 29 heavy (non-hydrogen) atoms. The van der Waals surface area contributed by atoms with Crippen LogP contribution < -0.4 is 5.32 Å². The highest BCUT2D eigenvalue weighted by Gasteiger charge is 2.14. The molecule has 1 amide bonds. The molecule has 5 heteroatoms. The van der Waals surface area contributed by atoms with E-state index in [4.69, 9.17) is 16.6 Å². The maximum Gasteiger partial charge on any atom is 0.243 e. The number of aromatic nitrogens is 2. The third kappa shape index (κ3) is 4.08. The number of para-hydroxylation sites is 2. The summed E-state index contributed by atoms with van der Waals surface area (Å²) in [4.78, 5) is 16.4. The number of likely N-dealkylation sites (N-methyl/N-ethyl adjacent to an activating group) is 1. The van der Waals surface area contributed by atoms with E-state index in [0.29, 0.717) is 6.54 Å². The summed E-state index contributed by atoms with van der Waals surface area (Å²) in [5.74, 6) is 0.725. The largest absolute Gasteiger partial charge is 0.356 e. The Morgan fingerprint density at radius 2 is 1.86 bits per heavy atom. The summed E-state index contributed by atoms with van der Waals surface area (Å²) in [7, 11) is 1.61.